The molecule has 237 valence electrons. The fourth-order valence-corrected chi connectivity index (χ4v) is 9.31. The van der Waals surface area contributed by atoms with E-state index in [-0.39, 0.29) is 0 Å². The van der Waals surface area contributed by atoms with Crippen molar-refractivity contribution in [3.8, 4) is 11.1 Å². The monoisotopic (exact) mass is 647 g/mol. The lowest BCUT2D eigenvalue weighted by Gasteiger charge is -2.49. The summed E-state index contributed by atoms with van der Waals surface area (Å²) < 4.78 is 0. The molecule has 1 N–H and O–H groups in total. The highest BCUT2D eigenvalue weighted by atomic mass is 15.2. The average molecular weight is 648 g/mol. The molecule has 0 fully saturated rings. The van der Waals surface area contributed by atoms with Gasteiger partial charge < -0.3 is 9.88 Å². The van der Waals surface area contributed by atoms with Crippen molar-refractivity contribution >= 4 is 67.8 Å². The number of fused-ring (bicyclic) bond motifs is 9. The Morgan fingerprint density at radius 3 is 2.06 bits per heavy atom. The molecule has 9 aromatic rings. The fraction of sp³-hybridized carbons (Fsp3) is 0.0417. The standard InChI is InChI=1S/C48H32BN2/c1-30-28-37(35-20-12-21-36-44-34-19-9-8-14-31(34)26-27-41(44)50-46(35)36)45-43(29-30)51-42-25-11-10-22-38(42)48(32-15-4-2-5-16-32,33-17-6-3-7-18-33)39-23-13-24-40(49-45)47(39)51/h2-29,50H,1H3. The first kappa shape index (κ1) is 28.5. The minimum Gasteiger partial charge on any atom is -0.354 e. The number of anilines is 3. The summed E-state index contributed by atoms with van der Waals surface area (Å²) >= 11 is 0. The van der Waals surface area contributed by atoms with E-state index in [0.29, 0.717) is 0 Å². The van der Waals surface area contributed by atoms with Crippen LogP contribution in [0.1, 0.15) is 27.8 Å². The van der Waals surface area contributed by atoms with Crippen LogP contribution in [-0.2, 0) is 5.41 Å². The van der Waals surface area contributed by atoms with E-state index in [1.165, 1.54) is 99.5 Å². The summed E-state index contributed by atoms with van der Waals surface area (Å²) in [6.45, 7) is 2.23. The molecule has 0 saturated carbocycles. The van der Waals surface area contributed by atoms with Crippen LogP contribution in [0.2, 0.25) is 0 Å². The zero-order valence-corrected chi connectivity index (χ0v) is 28.2. The van der Waals surface area contributed by atoms with E-state index < -0.39 is 5.41 Å². The third kappa shape index (κ3) is 3.84. The molecule has 0 saturated heterocycles. The maximum Gasteiger partial charge on any atom is 0.197 e. The molecule has 0 aliphatic carbocycles. The molecule has 0 spiro atoms. The Bertz CT molecular complexity index is 2810. The molecule has 3 heterocycles. The molecule has 11 rings (SSSR count). The summed E-state index contributed by atoms with van der Waals surface area (Å²) in [4.78, 5) is 6.41. The Balaban J connectivity index is 1.21. The lowest BCUT2D eigenvalue weighted by molar-refractivity contribution is 0.732. The maximum absolute atomic E-state index is 3.86. The smallest absolute Gasteiger partial charge is 0.197 e. The molecule has 1 radical (unpaired) electrons. The van der Waals surface area contributed by atoms with Crippen LogP contribution < -0.4 is 15.8 Å². The van der Waals surface area contributed by atoms with Crippen molar-refractivity contribution in [3.63, 3.8) is 0 Å². The number of hydrogen-bond donors (Lipinski definition) is 1. The Morgan fingerprint density at radius 1 is 0.549 bits per heavy atom. The summed E-state index contributed by atoms with van der Waals surface area (Å²) in [6, 6.07) is 62.8. The number of aryl methyl sites for hydroxylation is 1. The first-order chi connectivity index (χ1) is 25.2. The molecule has 0 atom stereocenters. The number of nitrogens with one attached hydrogen (secondary N) is 1. The predicted octanol–water partition coefficient (Wildman–Crippen LogP) is 10.6. The minimum atomic E-state index is -0.488. The van der Waals surface area contributed by atoms with Gasteiger partial charge in [0.25, 0.3) is 0 Å². The van der Waals surface area contributed by atoms with E-state index in [9.17, 15) is 0 Å². The first-order valence-corrected chi connectivity index (χ1v) is 17.8. The van der Waals surface area contributed by atoms with Crippen molar-refractivity contribution in [1.29, 1.82) is 0 Å². The quantitative estimate of drug-likeness (QED) is 0.189. The van der Waals surface area contributed by atoms with Crippen LogP contribution in [0.5, 0.6) is 0 Å². The number of para-hydroxylation sites is 3. The summed E-state index contributed by atoms with van der Waals surface area (Å²) in [6.07, 6.45) is 0. The van der Waals surface area contributed by atoms with Gasteiger partial charge in [0, 0.05) is 33.2 Å². The Labute approximate surface area is 297 Å². The third-order valence-electron chi connectivity index (χ3n) is 11.3. The molecule has 0 unspecified atom stereocenters. The van der Waals surface area contributed by atoms with E-state index >= 15 is 0 Å². The molecular formula is C48H32BN2. The highest BCUT2D eigenvalue weighted by Crippen LogP contribution is 2.57. The van der Waals surface area contributed by atoms with Crippen molar-refractivity contribution in [2.24, 2.45) is 0 Å². The number of hydrogen-bond acceptors (Lipinski definition) is 1. The number of aromatic amines is 1. The SMILES string of the molecule is Cc1cc(-c2cccc3c2[nH]c2ccc4ccccc4c23)c2c(c1)N1c3ccccc3C(c3ccccc3)(c3ccccc3)c3cccc(c31)[B]2. The number of nitrogens with zero attached hydrogens (tertiary/aromatic N) is 1. The predicted molar refractivity (Wildman–Crippen MR) is 215 cm³/mol. The number of rotatable bonds is 3. The van der Waals surface area contributed by atoms with Crippen LogP contribution in [0, 0.1) is 6.92 Å². The molecule has 2 aliphatic heterocycles. The zero-order valence-electron chi connectivity index (χ0n) is 28.2. The highest BCUT2D eigenvalue weighted by Gasteiger charge is 2.48. The van der Waals surface area contributed by atoms with Crippen LogP contribution in [0.3, 0.4) is 0 Å². The lowest BCUT2D eigenvalue weighted by Crippen LogP contribution is -2.47. The second-order valence-electron chi connectivity index (χ2n) is 14.0. The molecule has 0 bridgehead atoms. The van der Waals surface area contributed by atoms with Crippen LogP contribution in [0.15, 0.2) is 170 Å². The normalized spacial score (nSPS) is 13.9. The van der Waals surface area contributed by atoms with Crippen molar-refractivity contribution < 1.29 is 0 Å². The van der Waals surface area contributed by atoms with Crippen molar-refractivity contribution in [1.82, 2.24) is 4.98 Å². The highest BCUT2D eigenvalue weighted by molar-refractivity contribution is 6.73. The van der Waals surface area contributed by atoms with Gasteiger partial charge in [-0.15, -0.1) is 0 Å². The Hall–Kier alpha value is -6.32. The van der Waals surface area contributed by atoms with E-state index in [1.54, 1.807) is 0 Å². The molecular weight excluding hydrogens is 615 g/mol. The summed E-state index contributed by atoms with van der Waals surface area (Å²) in [5.74, 6) is 0. The van der Waals surface area contributed by atoms with Gasteiger partial charge in [-0.3, -0.25) is 0 Å². The minimum absolute atomic E-state index is 0.488. The van der Waals surface area contributed by atoms with Crippen LogP contribution >= 0.6 is 0 Å². The molecule has 8 aromatic carbocycles. The van der Waals surface area contributed by atoms with Crippen LogP contribution in [0.25, 0.3) is 43.7 Å². The fourth-order valence-electron chi connectivity index (χ4n) is 9.31. The van der Waals surface area contributed by atoms with Gasteiger partial charge in [0.1, 0.15) is 0 Å². The lowest BCUT2D eigenvalue weighted by atomic mass is 9.54. The second kappa shape index (κ2) is 10.6. The summed E-state index contributed by atoms with van der Waals surface area (Å²) in [5.41, 5.74) is 16.8. The van der Waals surface area contributed by atoms with Gasteiger partial charge in [-0.05, 0) is 74.7 Å². The number of H-pyrrole nitrogens is 1. The first-order valence-electron chi connectivity index (χ1n) is 17.8. The maximum atomic E-state index is 3.86. The van der Waals surface area contributed by atoms with Crippen LogP contribution in [-0.4, -0.2) is 12.3 Å². The van der Waals surface area contributed by atoms with Gasteiger partial charge in [0.15, 0.2) is 7.28 Å². The zero-order chi connectivity index (χ0) is 33.7. The van der Waals surface area contributed by atoms with E-state index in [1.807, 2.05) is 0 Å². The average Bonchev–Trinajstić information content (AvgIpc) is 3.58. The van der Waals surface area contributed by atoms with Gasteiger partial charge in [0.2, 0.25) is 0 Å². The molecule has 1 aromatic heterocycles. The number of benzene rings is 8. The van der Waals surface area contributed by atoms with Gasteiger partial charge in [-0.25, -0.2) is 0 Å². The molecule has 3 heteroatoms. The molecule has 2 aliphatic rings. The van der Waals surface area contributed by atoms with Crippen molar-refractivity contribution in [2.75, 3.05) is 4.90 Å². The molecule has 2 nitrogen and oxygen atoms in total. The van der Waals surface area contributed by atoms with Crippen molar-refractivity contribution in [2.45, 2.75) is 12.3 Å². The summed E-state index contributed by atoms with van der Waals surface area (Å²) in [5, 5.41) is 5.08. The van der Waals surface area contributed by atoms with E-state index in [2.05, 4.69) is 194 Å². The van der Waals surface area contributed by atoms with Crippen LogP contribution in [0.4, 0.5) is 17.1 Å². The van der Waals surface area contributed by atoms with Gasteiger partial charge in [-0.1, -0.05) is 157 Å². The topological polar surface area (TPSA) is 19.0 Å². The van der Waals surface area contributed by atoms with Gasteiger partial charge >= 0.3 is 0 Å². The molecule has 0 amide bonds. The van der Waals surface area contributed by atoms with Gasteiger partial charge in [-0.2, -0.15) is 0 Å². The van der Waals surface area contributed by atoms with E-state index in [0.717, 1.165) is 0 Å². The molecule has 51 heavy (non-hydrogen) atoms. The van der Waals surface area contributed by atoms with E-state index in [4.69, 9.17) is 0 Å². The summed E-state index contributed by atoms with van der Waals surface area (Å²) in [7, 11) is 2.44. The third-order valence-corrected chi connectivity index (χ3v) is 11.3. The Morgan fingerprint density at radius 2 is 1.24 bits per heavy atom. The number of aromatic nitrogens is 1. The Kier molecular flexibility index (Phi) is 5.92. The largest absolute Gasteiger partial charge is 0.354 e. The van der Waals surface area contributed by atoms with Gasteiger partial charge in [0.05, 0.1) is 16.6 Å². The second-order valence-corrected chi connectivity index (χ2v) is 14.0. The van der Waals surface area contributed by atoms with Crippen molar-refractivity contribution in [3.05, 3.63) is 198 Å².